The maximum absolute atomic E-state index is 14.3. The molecule has 6 amide bonds. The number of hydrogen-bond donors (Lipinski definition) is 6. The van der Waals surface area contributed by atoms with E-state index in [1.165, 1.54) is 49.6 Å². The van der Waals surface area contributed by atoms with E-state index < -0.39 is 125 Å². The van der Waals surface area contributed by atoms with E-state index in [-0.39, 0.29) is 96.5 Å². The van der Waals surface area contributed by atoms with Crippen LogP contribution >= 0.6 is 23.2 Å². The Bertz CT molecular complexity index is 4840. The molecule has 0 spiro atoms. The van der Waals surface area contributed by atoms with Crippen molar-refractivity contribution in [1.82, 2.24) is 70.0 Å². The number of aliphatic hydroxyl groups excluding tert-OH is 3. The zero-order chi connectivity index (χ0) is 87.0. The van der Waals surface area contributed by atoms with Crippen LogP contribution < -0.4 is 30.2 Å². The molecule has 118 heavy (non-hydrogen) atoms. The predicted molar refractivity (Wildman–Crippen MR) is 425 cm³/mol. The number of carbonyl (C=O) groups excluding carboxylic acids is 6. The summed E-state index contributed by atoms with van der Waals surface area (Å²) in [7, 11) is 0. The minimum Gasteiger partial charge on any atom is -0.444 e. The van der Waals surface area contributed by atoms with Gasteiger partial charge in [-0.15, -0.1) is 0 Å². The maximum Gasteiger partial charge on any atom is 0.425 e. The summed E-state index contributed by atoms with van der Waals surface area (Å²) >= 11 is 11.8. The van der Waals surface area contributed by atoms with Crippen molar-refractivity contribution in [3.63, 3.8) is 0 Å². The second kappa shape index (κ2) is 37.5. The lowest BCUT2D eigenvalue weighted by atomic mass is 9.83. The summed E-state index contributed by atoms with van der Waals surface area (Å²) in [5.74, 6) is -1.63. The SMILES string of the molecule is C.CC(C)(C)OC(=O)N(C(=O)OC(C)(C)C)c1ncnc2nc[nH]c12.CC(C)(C)OC(=O)NC1(C(O)C(F)F)CCCN(c2cnc(-c3ccc(F)c(Cl)n3)cc2CO)C1.CC(C)(C)OC(=O)NC1(C(O)C(F)F)CCCN(c2cnc(-c3ccc(F)c(Cl)n3)cc2Cn2cnc3c(N(C(=O)OC(C)(C)C)C(=O)OC(C)(C)C)ncnc32)C1. The number of aromatic nitrogens is 12. The highest BCUT2D eigenvalue weighted by atomic mass is 35.5. The monoisotopic (exact) mass is 1700 g/mol. The molecule has 10 heterocycles. The van der Waals surface area contributed by atoms with Crippen LogP contribution in [0.25, 0.3) is 45.1 Å². The summed E-state index contributed by atoms with van der Waals surface area (Å²) in [6.07, 6.45) is -7.83. The first-order valence-corrected chi connectivity index (χ1v) is 37.4. The second-order valence-electron chi connectivity index (χ2n) is 33.3. The molecule has 0 aromatic carbocycles. The van der Waals surface area contributed by atoms with Crippen LogP contribution in [0.3, 0.4) is 0 Å². The Morgan fingerprint density at radius 3 is 1.32 bits per heavy atom. The standard InChI is InChI=1S/C38H47ClF3N9O7.C23H28ClF3N4O4.C15H21N5O4.CH4/c1-35(2,3)56-32(53)48-38(27(52)29(41)42)13-10-14-49(18-38)25-16-43-24(23-12-11-22(40)28(39)47-23)15-21(25)17-50-20-46-26-30(50)44-19-45-31(26)51(33(54)57-36(4,5)6)34(55)58-37(7,8)9;1-22(2,3)35-21(34)30-23(18(33)20(26)27)7-4-8-31(12-23)17-10-28-16(9-13(17)11-32)15-6-5-14(25)19(24)29-15;1-14(2,3)23-12(21)20(13(22)24-15(4,5)6)11-9-10(17-7-16-9)18-8-19-11;/h11-12,15-16,19-20,27,29,52H,10,13-14,17-18H2,1-9H3,(H,48,53);5-6,9-10,18,20,32-33H,4,7-8,11-12H2,1-3H3,(H,30,34);7-8H,1-6H3,(H,16,17,18,19);1H4. The first kappa shape index (κ1) is 94.5. The average molecular weight is 1700 g/mol. The Morgan fingerprint density at radius 2 is 0.924 bits per heavy atom. The first-order chi connectivity index (χ1) is 54.2. The molecule has 2 fully saturated rings. The Morgan fingerprint density at radius 1 is 0.534 bits per heavy atom. The molecular weight excluding hydrogens is 1600 g/mol. The molecular formula is C77H100Cl2F6N18O15. The van der Waals surface area contributed by atoms with E-state index in [0.717, 1.165) is 23.4 Å². The highest BCUT2D eigenvalue weighted by Gasteiger charge is 2.50. The molecule has 2 saturated heterocycles. The van der Waals surface area contributed by atoms with Crippen LogP contribution in [0, 0.1) is 11.6 Å². The zero-order valence-electron chi connectivity index (χ0n) is 67.8. The summed E-state index contributed by atoms with van der Waals surface area (Å²) < 4.78 is 117. The van der Waals surface area contributed by atoms with Crippen LogP contribution in [0.4, 0.5) is 78.1 Å². The number of amides is 6. The summed E-state index contributed by atoms with van der Waals surface area (Å²) in [5, 5.41) is 35.6. The number of ether oxygens (including phenoxy) is 6. The van der Waals surface area contributed by atoms with Gasteiger partial charge in [0.15, 0.2) is 50.4 Å². The van der Waals surface area contributed by atoms with Crippen LogP contribution in [0.1, 0.15) is 169 Å². The summed E-state index contributed by atoms with van der Waals surface area (Å²) in [5.41, 5.74) is -5.28. The van der Waals surface area contributed by atoms with E-state index in [4.69, 9.17) is 51.6 Å². The molecule has 0 bridgehead atoms. The third-order valence-corrected chi connectivity index (χ3v) is 17.3. The van der Waals surface area contributed by atoms with Crippen molar-refractivity contribution in [2.24, 2.45) is 0 Å². The Kier molecular flexibility index (Phi) is 30.1. The number of fused-ring (bicyclic) bond motifs is 2. The maximum atomic E-state index is 14.3. The molecule has 4 atom stereocenters. The van der Waals surface area contributed by atoms with Crippen molar-refractivity contribution in [1.29, 1.82) is 0 Å². The fourth-order valence-corrected chi connectivity index (χ4v) is 12.4. The van der Waals surface area contributed by atoms with Gasteiger partial charge in [-0.2, -0.15) is 9.80 Å². The Hall–Kier alpha value is -10.6. The number of nitrogens with zero attached hydrogens (tertiary/aromatic N) is 15. The fraction of sp³-hybridized carbons (Fsp3) is 0.532. The molecule has 33 nitrogen and oxygen atoms in total. The van der Waals surface area contributed by atoms with Gasteiger partial charge in [0.2, 0.25) is 0 Å². The van der Waals surface area contributed by atoms with E-state index >= 15 is 0 Å². The van der Waals surface area contributed by atoms with Crippen molar-refractivity contribution in [2.75, 3.05) is 45.8 Å². The molecule has 8 aromatic rings. The number of carbonyl (C=O) groups is 6. The van der Waals surface area contributed by atoms with Crippen molar-refractivity contribution >= 4 is 105 Å². The summed E-state index contributed by atoms with van der Waals surface area (Å²) in [4.78, 5) is 127. The lowest BCUT2D eigenvalue weighted by molar-refractivity contribution is -0.0666. The minimum atomic E-state index is -3.21. The average Bonchev–Trinajstić information content (AvgIpc) is 0.871. The number of halogens is 8. The van der Waals surface area contributed by atoms with Crippen molar-refractivity contribution < 1.29 is 98.9 Å². The zero-order valence-corrected chi connectivity index (χ0v) is 69.3. The lowest BCUT2D eigenvalue weighted by Crippen LogP contribution is -2.67. The molecule has 2 aliphatic heterocycles. The minimum absolute atomic E-state index is 0. The Labute approximate surface area is 687 Å². The number of imide groups is 2. The number of alkyl carbamates (subject to hydrolysis) is 2. The molecule has 41 heteroatoms. The number of anilines is 4. The van der Waals surface area contributed by atoms with Crippen LogP contribution in [-0.2, 0) is 41.6 Å². The van der Waals surface area contributed by atoms with Crippen LogP contribution in [0.2, 0.25) is 10.3 Å². The van der Waals surface area contributed by atoms with Crippen LogP contribution in [0.5, 0.6) is 0 Å². The molecule has 0 radical (unpaired) electrons. The number of alkyl halides is 4. The predicted octanol–water partition coefficient (Wildman–Crippen LogP) is 14.9. The number of rotatable bonds is 15. The van der Waals surface area contributed by atoms with E-state index in [1.807, 2.05) is 0 Å². The molecule has 0 saturated carbocycles. The number of piperidine rings is 2. The molecule has 10 rings (SSSR count). The molecule has 644 valence electrons. The number of pyridine rings is 4. The van der Waals surface area contributed by atoms with Gasteiger partial charge < -0.3 is 73.7 Å². The summed E-state index contributed by atoms with van der Waals surface area (Å²) in [6, 6.07) is 8.22. The van der Waals surface area contributed by atoms with Gasteiger partial charge in [0.05, 0.1) is 83.4 Å². The second-order valence-corrected chi connectivity index (χ2v) is 34.0. The number of hydrogen-bond acceptors (Lipinski definition) is 27. The van der Waals surface area contributed by atoms with E-state index in [9.17, 15) is 70.4 Å². The van der Waals surface area contributed by atoms with Gasteiger partial charge in [-0.05, 0) is 192 Å². The fourth-order valence-electron chi connectivity index (χ4n) is 12.1. The van der Waals surface area contributed by atoms with E-state index in [1.54, 1.807) is 145 Å². The highest BCUT2D eigenvalue weighted by Crippen LogP contribution is 2.39. The molecule has 8 aromatic heterocycles. The van der Waals surface area contributed by atoms with Gasteiger partial charge in [-0.25, -0.2) is 95.0 Å². The van der Waals surface area contributed by atoms with Gasteiger partial charge in [0, 0.05) is 31.7 Å². The van der Waals surface area contributed by atoms with Crippen LogP contribution in [0.15, 0.2) is 74.1 Å². The third kappa shape index (κ3) is 25.0. The highest BCUT2D eigenvalue weighted by molar-refractivity contribution is 6.30. The summed E-state index contributed by atoms with van der Waals surface area (Å²) in [6.45, 7) is 29.6. The van der Waals surface area contributed by atoms with Gasteiger partial charge in [0.25, 0.3) is 12.9 Å². The van der Waals surface area contributed by atoms with Gasteiger partial charge in [0.1, 0.15) is 64.0 Å². The van der Waals surface area contributed by atoms with E-state index in [0.29, 0.717) is 63.8 Å². The normalized spacial score (nSPS) is 16.6. The van der Waals surface area contributed by atoms with Crippen LogP contribution in [-0.4, -0.2) is 207 Å². The van der Waals surface area contributed by atoms with E-state index in [2.05, 4.69) is 65.5 Å². The van der Waals surface area contributed by atoms with Gasteiger partial charge >= 0.3 is 36.6 Å². The topological polar surface area (TPSA) is 405 Å². The number of aliphatic hydroxyl groups is 3. The van der Waals surface area contributed by atoms with Crippen molar-refractivity contribution in [3.05, 3.63) is 107 Å². The number of H-pyrrole nitrogens is 1. The van der Waals surface area contributed by atoms with Crippen molar-refractivity contribution in [2.45, 2.75) is 241 Å². The van der Waals surface area contributed by atoms with Gasteiger partial charge in [-0.1, -0.05) is 30.6 Å². The quantitative estimate of drug-likeness (QED) is 0.0315. The molecule has 6 N–H and O–H groups in total. The lowest BCUT2D eigenvalue weighted by Gasteiger charge is -2.46. The molecule has 0 aliphatic carbocycles. The smallest absolute Gasteiger partial charge is 0.425 e. The Balaban J connectivity index is 0.000000270. The molecule has 4 unspecified atom stereocenters. The largest absolute Gasteiger partial charge is 0.444 e. The number of imidazole rings is 2. The molecule has 2 aliphatic rings. The van der Waals surface area contributed by atoms with Gasteiger partial charge in [-0.3, -0.25) is 9.97 Å². The van der Waals surface area contributed by atoms with Crippen molar-refractivity contribution in [3.8, 4) is 22.8 Å². The number of nitrogens with one attached hydrogen (secondary N) is 3. The number of aromatic amines is 1. The first-order valence-electron chi connectivity index (χ1n) is 36.7. The third-order valence-electron chi connectivity index (χ3n) is 16.7.